The van der Waals surface area contributed by atoms with Crippen molar-refractivity contribution in [2.24, 2.45) is 0 Å². The third-order valence-corrected chi connectivity index (χ3v) is 5.23. The van der Waals surface area contributed by atoms with Crippen molar-refractivity contribution in [3.63, 3.8) is 0 Å². The van der Waals surface area contributed by atoms with Crippen LogP contribution >= 0.6 is 0 Å². The van der Waals surface area contributed by atoms with Crippen LogP contribution < -0.4 is 14.8 Å². The number of nitrogens with one attached hydrogen (secondary N) is 1. The molecule has 0 bridgehead atoms. The number of methoxy groups -OCH3 is 1. The van der Waals surface area contributed by atoms with Gasteiger partial charge >= 0.3 is 0 Å². The molecule has 3 aromatic carbocycles. The second-order valence-electron chi connectivity index (χ2n) is 7.88. The summed E-state index contributed by atoms with van der Waals surface area (Å²) in [6.45, 7) is 3.06. The fourth-order valence-electron chi connectivity index (χ4n) is 3.43. The standard InChI is InChI=1S/C28H27N3O3/c1-21-8-10-23(11-9-21)19-31-17-16-27(30-31)29-28(32)15-13-22-12-14-26(33-2)24(18-22)20-34-25-6-4-3-5-7-25/h3-18H,19-20H2,1-2H3,(H,29,30,32)/b15-13+. The number of hydrogen-bond acceptors (Lipinski definition) is 4. The van der Waals surface area contributed by atoms with Crippen LogP contribution in [0.25, 0.3) is 6.08 Å². The molecule has 0 atom stereocenters. The second kappa shape index (κ2) is 11.0. The number of benzene rings is 3. The molecule has 4 aromatic rings. The van der Waals surface area contributed by atoms with Crippen LogP contribution in [0.15, 0.2) is 91.1 Å². The monoisotopic (exact) mass is 453 g/mol. The molecule has 1 N–H and O–H groups in total. The summed E-state index contributed by atoms with van der Waals surface area (Å²) in [7, 11) is 1.63. The summed E-state index contributed by atoms with van der Waals surface area (Å²) >= 11 is 0. The van der Waals surface area contributed by atoms with Gasteiger partial charge < -0.3 is 14.8 Å². The number of amides is 1. The predicted molar refractivity (Wildman–Crippen MR) is 134 cm³/mol. The Bertz CT molecular complexity index is 1260. The molecule has 0 radical (unpaired) electrons. The summed E-state index contributed by atoms with van der Waals surface area (Å²) in [5.74, 6) is 1.77. The minimum Gasteiger partial charge on any atom is -0.496 e. The van der Waals surface area contributed by atoms with E-state index in [4.69, 9.17) is 9.47 Å². The lowest BCUT2D eigenvalue weighted by molar-refractivity contribution is -0.111. The molecule has 1 amide bonds. The summed E-state index contributed by atoms with van der Waals surface area (Å²) < 4.78 is 13.1. The summed E-state index contributed by atoms with van der Waals surface area (Å²) in [4.78, 5) is 12.4. The van der Waals surface area contributed by atoms with Crippen LogP contribution in [0.4, 0.5) is 5.82 Å². The van der Waals surface area contributed by atoms with Crippen molar-refractivity contribution in [3.8, 4) is 11.5 Å². The molecule has 0 unspecified atom stereocenters. The molecule has 4 rings (SSSR count). The SMILES string of the molecule is COc1ccc(/C=C/C(=O)Nc2ccn(Cc3ccc(C)cc3)n2)cc1COc1ccccc1. The van der Waals surface area contributed by atoms with Crippen molar-refractivity contribution in [2.75, 3.05) is 12.4 Å². The van der Waals surface area contributed by atoms with Crippen molar-refractivity contribution < 1.29 is 14.3 Å². The van der Waals surface area contributed by atoms with Crippen molar-refractivity contribution in [1.29, 1.82) is 0 Å². The van der Waals surface area contributed by atoms with Gasteiger partial charge in [0.1, 0.15) is 18.1 Å². The number of aromatic nitrogens is 2. The summed E-state index contributed by atoms with van der Waals surface area (Å²) in [6.07, 6.45) is 5.09. The fourth-order valence-corrected chi connectivity index (χ4v) is 3.43. The van der Waals surface area contributed by atoms with Gasteiger partial charge in [0.05, 0.1) is 13.7 Å². The Morgan fingerprint density at radius 3 is 2.59 bits per heavy atom. The maximum absolute atomic E-state index is 12.4. The van der Waals surface area contributed by atoms with E-state index in [0.717, 1.165) is 28.2 Å². The molecule has 172 valence electrons. The van der Waals surface area contributed by atoms with Gasteiger partial charge in [-0.2, -0.15) is 5.10 Å². The zero-order valence-corrected chi connectivity index (χ0v) is 19.3. The van der Waals surface area contributed by atoms with E-state index in [-0.39, 0.29) is 5.91 Å². The molecular weight excluding hydrogens is 426 g/mol. The molecule has 6 heteroatoms. The minimum atomic E-state index is -0.251. The number of aryl methyl sites for hydroxylation is 1. The number of nitrogens with zero attached hydrogens (tertiary/aromatic N) is 2. The van der Waals surface area contributed by atoms with Gasteiger partial charge in [0.25, 0.3) is 0 Å². The second-order valence-corrected chi connectivity index (χ2v) is 7.88. The van der Waals surface area contributed by atoms with Crippen LogP contribution in [0, 0.1) is 6.92 Å². The van der Waals surface area contributed by atoms with Gasteiger partial charge in [0, 0.05) is 23.9 Å². The van der Waals surface area contributed by atoms with E-state index in [9.17, 15) is 4.79 Å². The van der Waals surface area contributed by atoms with Crippen molar-refractivity contribution in [3.05, 3.63) is 113 Å². The number of carbonyl (C=O) groups excluding carboxylic acids is 1. The van der Waals surface area contributed by atoms with E-state index in [2.05, 4.69) is 41.6 Å². The minimum absolute atomic E-state index is 0.251. The van der Waals surface area contributed by atoms with Gasteiger partial charge in [-0.15, -0.1) is 0 Å². The molecule has 1 heterocycles. The normalized spacial score (nSPS) is 10.9. The first-order valence-corrected chi connectivity index (χ1v) is 11.0. The number of hydrogen-bond donors (Lipinski definition) is 1. The van der Waals surface area contributed by atoms with E-state index in [1.807, 2.05) is 54.7 Å². The highest BCUT2D eigenvalue weighted by atomic mass is 16.5. The lowest BCUT2D eigenvalue weighted by Gasteiger charge is -2.11. The molecule has 0 aliphatic heterocycles. The first-order chi connectivity index (χ1) is 16.6. The molecule has 0 fully saturated rings. The molecule has 0 spiro atoms. The van der Waals surface area contributed by atoms with Crippen LogP contribution in [-0.4, -0.2) is 22.8 Å². The van der Waals surface area contributed by atoms with Gasteiger partial charge in [0.2, 0.25) is 5.91 Å². The lowest BCUT2D eigenvalue weighted by Crippen LogP contribution is -2.09. The van der Waals surface area contributed by atoms with Crippen LogP contribution in [0.2, 0.25) is 0 Å². The molecule has 1 aromatic heterocycles. The van der Waals surface area contributed by atoms with E-state index in [1.165, 1.54) is 11.6 Å². The van der Waals surface area contributed by atoms with Gasteiger partial charge in [-0.1, -0.05) is 54.1 Å². The Kier molecular flexibility index (Phi) is 7.40. The summed E-state index contributed by atoms with van der Waals surface area (Å²) in [5, 5.41) is 7.23. The maximum Gasteiger partial charge on any atom is 0.249 e. The highest BCUT2D eigenvalue weighted by Gasteiger charge is 2.06. The molecule has 34 heavy (non-hydrogen) atoms. The molecule has 0 saturated heterocycles. The highest BCUT2D eigenvalue weighted by molar-refractivity contribution is 6.01. The van der Waals surface area contributed by atoms with Crippen LogP contribution in [-0.2, 0) is 17.9 Å². The molecule has 0 aliphatic rings. The number of carbonyl (C=O) groups is 1. The Morgan fingerprint density at radius 1 is 1.03 bits per heavy atom. The van der Waals surface area contributed by atoms with E-state index < -0.39 is 0 Å². The Hall–Kier alpha value is -4.32. The summed E-state index contributed by atoms with van der Waals surface area (Å²) in [5.41, 5.74) is 4.13. The van der Waals surface area contributed by atoms with Crippen molar-refractivity contribution in [1.82, 2.24) is 9.78 Å². The zero-order valence-electron chi connectivity index (χ0n) is 19.3. The van der Waals surface area contributed by atoms with Gasteiger partial charge in [-0.05, 0) is 48.4 Å². The van der Waals surface area contributed by atoms with Gasteiger partial charge in [-0.3, -0.25) is 9.48 Å². The fraction of sp³-hybridized carbons (Fsp3) is 0.143. The van der Waals surface area contributed by atoms with Crippen LogP contribution in [0.3, 0.4) is 0 Å². The van der Waals surface area contributed by atoms with Crippen molar-refractivity contribution >= 4 is 17.8 Å². The third-order valence-electron chi connectivity index (χ3n) is 5.23. The number of anilines is 1. The third kappa shape index (κ3) is 6.36. The molecule has 0 saturated carbocycles. The van der Waals surface area contributed by atoms with E-state index >= 15 is 0 Å². The number of para-hydroxylation sites is 1. The Balaban J connectivity index is 1.36. The topological polar surface area (TPSA) is 65.4 Å². The number of ether oxygens (including phenoxy) is 2. The average molecular weight is 454 g/mol. The Labute approximate surface area is 199 Å². The lowest BCUT2D eigenvalue weighted by atomic mass is 10.1. The quantitative estimate of drug-likeness (QED) is 0.341. The van der Waals surface area contributed by atoms with Gasteiger partial charge in [0.15, 0.2) is 5.82 Å². The smallest absolute Gasteiger partial charge is 0.249 e. The van der Waals surface area contributed by atoms with Crippen molar-refractivity contribution in [2.45, 2.75) is 20.1 Å². The largest absolute Gasteiger partial charge is 0.496 e. The molecule has 0 aliphatic carbocycles. The summed E-state index contributed by atoms with van der Waals surface area (Å²) in [6, 6.07) is 25.4. The van der Waals surface area contributed by atoms with Crippen LogP contribution in [0.1, 0.15) is 22.3 Å². The van der Waals surface area contributed by atoms with Gasteiger partial charge in [-0.25, -0.2) is 0 Å². The average Bonchev–Trinajstić information content (AvgIpc) is 3.30. The van der Waals surface area contributed by atoms with E-state index in [0.29, 0.717) is 19.0 Å². The van der Waals surface area contributed by atoms with Crippen LogP contribution in [0.5, 0.6) is 11.5 Å². The highest BCUT2D eigenvalue weighted by Crippen LogP contribution is 2.23. The molecular formula is C28H27N3O3. The Morgan fingerprint density at radius 2 is 1.82 bits per heavy atom. The number of rotatable bonds is 9. The first-order valence-electron chi connectivity index (χ1n) is 11.0. The molecule has 6 nitrogen and oxygen atoms in total. The zero-order chi connectivity index (χ0) is 23.8. The first kappa shape index (κ1) is 22.9. The predicted octanol–water partition coefficient (Wildman–Crippen LogP) is 5.48. The van der Waals surface area contributed by atoms with E-state index in [1.54, 1.807) is 23.9 Å². The maximum atomic E-state index is 12.4.